The third kappa shape index (κ3) is 4.15. The molecular formula is C27H38N2O2. The standard InChI is InChI=1S/C27H38N2O2/c1-18-3-9-24(10-4-18)29(2)25(30)23-7-5-19(6-8-23)17-28-26(31)27-14-20-11-21(15-27)13-22(12-20)16-27/h5-8,18,20-22,24H,3-4,9-17H2,1-2H3,(H,28,31). The van der Waals surface area contributed by atoms with Gasteiger partial charge in [0, 0.05) is 30.6 Å². The van der Waals surface area contributed by atoms with E-state index in [4.69, 9.17) is 0 Å². The summed E-state index contributed by atoms with van der Waals surface area (Å²) in [6.45, 7) is 2.87. The summed E-state index contributed by atoms with van der Waals surface area (Å²) in [5.74, 6) is 3.53. The van der Waals surface area contributed by atoms with Crippen LogP contribution in [0.3, 0.4) is 0 Å². The number of nitrogens with one attached hydrogen (secondary N) is 1. The molecule has 5 aliphatic carbocycles. The van der Waals surface area contributed by atoms with E-state index < -0.39 is 0 Å². The fraction of sp³-hybridized carbons (Fsp3) is 0.704. The van der Waals surface area contributed by atoms with E-state index in [1.165, 1.54) is 32.1 Å². The highest BCUT2D eigenvalue weighted by molar-refractivity contribution is 5.94. The van der Waals surface area contributed by atoms with Crippen molar-refractivity contribution >= 4 is 11.8 Å². The van der Waals surface area contributed by atoms with Crippen LogP contribution in [-0.4, -0.2) is 29.8 Å². The average molecular weight is 423 g/mol. The highest BCUT2D eigenvalue weighted by atomic mass is 16.2. The van der Waals surface area contributed by atoms with Crippen molar-refractivity contribution in [2.24, 2.45) is 29.1 Å². The number of hydrogen-bond acceptors (Lipinski definition) is 2. The first-order chi connectivity index (χ1) is 14.9. The zero-order valence-corrected chi connectivity index (χ0v) is 19.2. The number of hydrogen-bond donors (Lipinski definition) is 1. The number of rotatable bonds is 5. The van der Waals surface area contributed by atoms with Gasteiger partial charge >= 0.3 is 0 Å². The lowest BCUT2D eigenvalue weighted by Gasteiger charge is -2.55. The van der Waals surface area contributed by atoms with Gasteiger partial charge in [-0.25, -0.2) is 0 Å². The molecule has 5 saturated carbocycles. The van der Waals surface area contributed by atoms with Crippen molar-refractivity contribution < 1.29 is 9.59 Å². The third-order valence-electron chi connectivity index (χ3n) is 9.03. The topological polar surface area (TPSA) is 49.4 Å². The van der Waals surface area contributed by atoms with Gasteiger partial charge in [0.15, 0.2) is 0 Å². The van der Waals surface area contributed by atoms with Crippen LogP contribution in [0, 0.1) is 29.1 Å². The molecule has 0 aliphatic heterocycles. The predicted octanol–water partition coefficient (Wildman–Crippen LogP) is 5.17. The molecule has 2 amide bonds. The van der Waals surface area contributed by atoms with Crippen molar-refractivity contribution in [3.63, 3.8) is 0 Å². The van der Waals surface area contributed by atoms with Gasteiger partial charge in [-0.2, -0.15) is 0 Å². The van der Waals surface area contributed by atoms with Crippen LogP contribution in [0.4, 0.5) is 0 Å². The largest absolute Gasteiger partial charge is 0.352 e. The van der Waals surface area contributed by atoms with Gasteiger partial charge < -0.3 is 10.2 Å². The Balaban J connectivity index is 1.16. The second kappa shape index (κ2) is 8.26. The molecule has 4 heteroatoms. The van der Waals surface area contributed by atoms with E-state index in [-0.39, 0.29) is 17.2 Å². The Kier molecular flexibility index (Phi) is 5.60. The summed E-state index contributed by atoms with van der Waals surface area (Å²) in [5.41, 5.74) is 1.73. The fourth-order valence-electron chi connectivity index (χ4n) is 7.52. The number of amides is 2. The van der Waals surface area contributed by atoms with Crippen LogP contribution in [0.5, 0.6) is 0 Å². The van der Waals surface area contributed by atoms with Crippen LogP contribution in [-0.2, 0) is 11.3 Å². The Hall–Kier alpha value is -1.84. The Bertz CT molecular complexity index is 787. The molecule has 0 radical (unpaired) electrons. The lowest BCUT2D eigenvalue weighted by molar-refractivity contribution is -0.146. The smallest absolute Gasteiger partial charge is 0.253 e. The van der Waals surface area contributed by atoms with Crippen molar-refractivity contribution in [1.29, 1.82) is 0 Å². The molecule has 4 bridgehead atoms. The van der Waals surface area contributed by atoms with Crippen molar-refractivity contribution in [3.8, 4) is 0 Å². The minimum Gasteiger partial charge on any atom is -0.352 e. The van der Waals surface area contributed by atoms with E-state index in [1.54, 1.807) is 0 Å². The first kappa shape index (κ1) is 21.0. The van der Waals surface area contributed by atoms with Gasteiger partial charge in [0.2, 0.25) is 5.91 Å². The number of carbonyl (C=O) groups is 2. The first-order valence-corrected chi connectivity index (χ1v) is 12.6. The van der Waals surface area contributed by atoms with Crippen LogP contribution < -0.4 is 5.32 Å². The molecule has 1 aromatic rings. The Labute approximate surface area is 187 Å². The molecular weight excluding hydrogens is 384 g/mol. The maximum Gasteiger partial charge on any atom is 0.253 e. The number of nitrogens with zero attached hydrogens (tertiary/aromatic N) is 1. The first-order valence-electron chi connectivity index (χ1n) is 12.6. The van der Waals surface area contributed by atoms with Gasteiger partial charge in [-0.05, 0) is 106 Å². The molecule has 1 N–H and O–H groups in total. The minimum atomic E-state index is -0.0924. The summed E-state index contributed by atoms with van der Waals surface area (Å²) < 4.78 is 0. The van der Waals surface area contributed by atoms with Gasteiger partial charge in [0.05, 0.1) is 0 Å². The lowest BCUT2D eigenvalue weighted by atomic mass is 9.49. The molecule has 5 aliphatic rings. The number of carbonyl (C=O) groups excluding carboxylic acids is 2. The van der Waals surface area contributed by atoms with Crippen LogP contribution >= 0.6 is 0 Å². The summed E-state index contributed by atoms with van der Waals surface area (Å²) in [5, 5.41) is 3.25. The molecule has 5 fully saturated rings. The van der Waals surface area contributed by atoms with Crippen LogP contribution in [0.1, 0.15) is 87.1 Å². The summed E-state index contributed by atoms with van der Waals surface area (Å²) in [6, 6.07) is 8.23. The lowest BCUT2D eigenvalue weighted by Crippen LogP contribution is -2.53. The Morgan fingerprint density at radius 3 is 2.03 bits per heavy atom. The minimum absolute atomic E-state index is 0.0924. The molecule has 1 aromatic carbocycles. The molecule has 4 nitrogen and oxygen atoms in total. The number of benzene rings is 1. The van der Waals surface area contributed by atoms with E-state index in [0.717, 1.165) is 66.9 Å². The normalized spacial score (nSPS) is 36.3. The second-order valence-corrected chi connectivity index (χ2v) is 11.4. The van der Waals surface area contributed by atoms with Crippen LogP contribution in [0.15, 0.2) is 24.3 Å². The Morgan fingerprint density at radius 2 is 1.48 bits per heavy atom. The quantitative estimate of drug-likeness (QED) is 0.712. The van der Waals surface area contributed by atoms with Crippen LogP contribution in [0.2, 0.25) is 0 Å². The maximum absolute atomic E-state index is 13.2. The van der Waals surface area contributed by atoms with Crippen LogP contribution in [0.25, 0.3) is 0 Å². The van der Waals surface area contributed by atoms with Gasteiger partial charge in [0.1, 0.15) is 0 Å². The van der Waals surface area contributed by atoms with E-state index in [1.807, 2.05) is 36.2 Å². The SMILES string of the molecule is CC1CCC(N(C)C(=O)c2ccc(CNC(=O)C34CC5CC(CC(C5)C3)C4)cc2)CC1. The van der Waals surface area contributed by atoms with E-state index in [9.17, 15) is 9.59 Å². The van der Waals surface area contributed by atoms with Crippen molar-refractivity contribution in [2.75, 3.05) is 7.05 Å². The van der Waals surface area contributed by atoms with E-state index >= 15 is 0 Å². The molecule has 0 atom stereocenters. The highest BCUT2D eigenvalue weighted by Crippen LogP contribution is 2.60. The molecule has 0 unspecified atom stereocenters. The van der Waals surface area contributed by atoms with Gasteiger partial charge in [0.25, 0.3) is 5.91 Å². The van der Waals surface area contributed by atoms with E-state index in [0.29, 0.717) is 12.6 Å². The molecule has 31 heavy (non-hydrogen) atoms. The predicted molar refractivity (Wildman–Crippen MR) is 122 cm³/mol. The highest BCUT2D eigenvalue weighted by Gasteiger charge is 2.54. The maximum atomic E-state index is 13.2. The van der Waals surface area contributed by atoms with Crippen molar-refractivity contribution in [3.05, 3.63) is 35.4 Å². The molecule has 0 saturated heterocycles. The molecule has 168 valence electrons. The monoisotopic (exact) mass is 422 g/mol. The second-order valence-electron chi connectivity index (χ2n) is 11.4. The van der Waals surface area contributed by atoms with Crippen molar-refractivity contribution in [2.45, 2.75) is 83.7 Å². The molecule has 0 spiro atoms. The third-order valence-corrected chi connectivity index (χ3v) is 9.03. The summed E-state index contributed by atoms with van der Waals surface area (Å²) in [4.78, 5) is 28.0. The Morgan fingerprint density at radius 1 is 0.935 bits per heavy atom. The summed E-state index contributed by atoms with van der Waals surface area (Å²) in [7, 11) is 1.95. The van der Waals surface area contributed by atoms with Gasteiger partial charge in [-0.1, -0.05) is 19.1 Å². The average Bonchev–Trinajstić information content (AvgIpc) is 2.76. The molecule has 6 rings (SSSR count). The summed E-state index contributed by atoms with van der Waals surface area (Å²) in [6.07, 6.45) is 12.0. The molecule has 0 aromatic heterocycles. The molecule has 0 heterocycles. The zero-order chi connectivity index (χ0) is 21.6. The van der Waals surface area contributed by atoms with E-state index in [2.05, 4.69) is 12.2 Å². The van der Waals surface area contributed by atoms with Gasteiger partial charge in [-0.15, -0.1) is 0 Å². The van der Waals surface area contributed by atoms with Crippen molar-refractivity contribution in [1.82, 2.24) is 10.2 Å². The summed E-state index contributed by atoms with van der Waals surface area (Å²) >= 11 is 0. The zero-order valence-electron chi connectivity index (χ0n) is 19.2. The fourth-order valence-corrected chi connectivity index (χ4v) is 7.52. The van der Waals surface area contributed by atoms with Gasteiger partial charge in [-0.3, -0.25) is 9.59 Å².